The summed E-state index contributed by atoms with van der Waals surface area (Å²) in [5, 5.41) is 10.2. The first-order chi connectivity index (χ1) is 13.1. The van der Waals surface area contributed by atoms with E-state index in [4.69, 9.17) is 12.2 Å². The molecule has 0 saturated heterocycles. The molecule has 0 atom stereocenters. The van der Waals surface area contributed by atoms with E-state index in [1.165, 1.54) is 0 Å². The molecule has 5 heteroatoms. The van der Waals surface area contributed by atoms with Crippen LogP contribution >= 0.6 is 28.1 Å². The SMILES string of the molecule is O=C(NC(=S)Nc1ccc2ccccc2c1)c1cccc2c(Br)cccc12. The minimum absolute atomic E-state index is 0.239. The number of nitrogens with one attached hydrogen (secondary N) is 2. The summed E-state index contributed by atoms with van der Waals surface area (Å²) in [6.07, 6.45) is 0. The predicted octanol–water partition coefficient (Wildman–Crippen LogP) is 5.88. The molecule has 0 aromatic heterocycles. The molecule has 27 heavy (non-hydrogen) atoms. The number of carbonyl (C=O) groups is 1. The highest BCUT2D eigenvalue weighted by atomic mass is 79.9. The highest BCUT2D eigenvalue weighted by molar-refractivity contribution is 9.10. The standard InChI is InChI=1S/C22H15BrN2OS/c23-20-10-4-7-17-18(20)8-3-9-19(17)21(26)25-22(27)24-16-12-11-14-5-1-2-6-15(14)13-16/h1-13H,(H2,24,25,26,27). The van der Waals surface area contributed by atoms with Gasteiger partial charge in [-0.3, -0.25) is 10.1 Å². The molecule has 132 valence electrons. The van der Waals surface area contributed by atoms with Crippen molar-refractivity contribution < 1.29 is 4.79 Å². The molecule has 4 aromatic carbocycles. The summed E-state index contributed by atoms with van der Waals surface area (Å²) in [6.45, 7) is 0. The molecule has 1 amide bonds. The maximum Gasteiger partial charge on any atom is 0.258 e. The number of benzene rings is 4. The number of anilines is 1. The minimum Gasteiger partial charge on any atom is -0.332 e. The summed E-state index contributed by atoms with van der Waals surface area (Å²) < 4.78 is 0.950. The molecule has 4 aromatic rings. The van der Waals surface area contributed by atoms with Crippen LogP contribution < -0.4 is 10.6 Å². The summed E-state index contributed by atoms with van der Waals surface area (Å²) in [5.74, 6) is -0.239. The normalized spacial score (nSPS) is 10.7. The van der Waals surface area contributed by atoms with E-state index < -0.39 is 0 Å². The molecule has 0 aliphatic heterocycles. The van der Waals surface area contributed by atoms with Crippen LogP contribution in [-0.4, -0.2) is 11.0 Å². The Kier molecular flexibility index (Phi) is 4.88. The van der Waals surface area contributed by atoms with Gasteiger partial charge in [0.05, 0.1) is 0 Å². The second-order valence-corrected chi connectivity index (χ2v) is 7.37. The molecule has 3 nitrogen and oxygen atoms in total. The van der Waals surface area contributed by atoms with E-state index in [1.807, 2.05) is 66.7 Å². The summed E-state index contributed by atoms with van der Waals surface area (Å²) >= 11 is 8.86. The minimum atomic E-state index is -0.239. The lowest BCUT2D eigenvalue weighted by Crippen LogP contribution is -2.34. The zero-order chi connectivity index (χ0) is 18.8. The third-order valence-electron chi connectivity index (χ3n) is 4.35. The van der Waals surface area contributed by atoms with Crippen molar-refractivity contribution in [1.29, 1.82) is 0 Å². The van der Waals surface area contributed by atoms with Crippen LogP contribution in [0.15, 0.2) is 83.3 Å². The van der Waals surface area contributed by atoms with Crippen molar-refractivity contribution in [2.24, 2.45) is 0 Å². The highest BCUT2D eigenvalue weighted by Gasteiger charge is 2.12. The second kappa shape index (κ2) is 7.47. The fourth-order valence-electron chi connectivity index (χ4n) is 3.07. The van der Waals surface area contributed by atoms with Gasteiger partial charge in [0.15, 0.2) is 5.11 Å². The molecule has 0 unspecified atom stereocenters. The maximum absolute atomic E-state index is 12.7. The molecule has 0 fully saturated rings. The van der Waals surface area contributed by atoms with Crippen LogP contribution in [-0.2, 0) is 0 Å². The Labute approximate surface area is 170 Å². The molecule has 0 heterocycles. The van der Waals surface area contributed by atoms with Crippen molar-refractivity contribution in [3.05, 3.63) is 88.9 Å². The summed E-state index contributed by atoms with van der Waals surface area (Å²) in [6, 6.07) is 25.5. The first-order valence-corrected chi connectivity index (χ1v) is 9.60. The van der Waals surface area contributed by atoms with E-state index in [2.05, 4.69) is 32.6 Å². The van der Waals surface area contributed by atoms with Gasteiger partial charge in [0.2, 0.25) is 0 Å². The number of thiocarbonyl (C=S) groups is 1. The van der Waals surface area contributed by atoms with Gasteiger partial charge >= 0.3 is 0 Å². The highest BCUT2D eigenvalue weighted by Crippen LogP contribution is 2.26. The number of fused-ring (bicyclic) bond motifs is 2. The van der Waals surface area contributed by atoms with Crippen LogP contribution in [0, 0.1) is 0 Å². The van der Waals surface area contributed by atoms with E-state index in [1.54, 1.807) is 6.07 Å². The number of amides is 1. The first-order valence-electron chi connectivity index (χ1n) is 8.40. The van der Waals surface area contributed by atoms with E-state index in [-0.39, 0.29) is 11.0 Å². The number of hydrogen-bond donors (Lipinski definition) is 2. The van der Waals surface area contributed by atoms with Gasteiger partial charge < -0.3 is 5.32 Å². The van der Waals surface area contributed by atoms with Gasteiger partial charge in [-0.2, -0.15) is 0 Å². The van der Waals surface area contributed by atoms with Gasteiger partial charge in [0.25, 0.3) is 5.91 Å². The van der Waals surface area contributed by atoms with Crippen molar-refractivity contribution >= 4 is 66.4 Å². The zero-order valence-corrected chi connectivity index (χ0v) is 16.6. The number of hydrogen-bond acceptors (Lipinski definition) is 2. The molecule has 0 aliphatic carbocycles. The van der Waals surface area contributed by atoms with Gasteiger partial charge in [-0.15, -0.1) is 0 Å². The first kappa shape index (κ1) is 17.6. The lowest BCUT2D eigenvalue weighted by Gasteiger charge is -2.12. The lowest BCUT2D eigenvalue weighted by molar-refractivity contribution is 0.0979. The van der Waals surface area contributed by atoms with E-state index >= 15 is 0 Å². The Balaban J connectivity index is 1.54. The van der Waals surface area contributed by atoms with Crippen LogP contribution in [0.1, 0.15) is 10.4 Å². The van der Waals surface area contributed by atoms with Gasteiger partial charge in [-0.1, -0.05) is 70.5 Å². The van der Waals surface area contributed by atoms with Gasteiger partial charge in [0.1, 0.15) is 0 Å². The van der Waals surface area contributed by atoms with Gasteiger partial charge in [0, 0.05) is 15.7 Å². The molecule has 0 radical (unpaired) electrons. The topological polar surface area (TPSA) is 41.1 Å². The van der Waals surface area contributed by atoms with Crippen molar-refractivity contribution in [2.45, 2.75) is 0 Å². The Hall–Kier alpha value is -2.76. The Morgan fingerprint density at radius 2 is 1.56 bits per heavy atom. The zero-order valence-electron chi connectivity index (χ0n) is 14.2. The molecule has 0 saturated carbocycles. The van der Waals surface area contributed by atoms with Crippen molar-refractivity contribution in [1.82, 2.24) is 5.32 Å². The second-order valence-electron chi connectivity index (χ2n) is 6.11. The van der Waals surface area contributed by atoms with E-state index in [0.717, 1.165) is 31.7 Å². The fraction of sp³-hybridized carbons (Fsp3) is 0. The molecule has 2 N–H and O–H groups in total. The third kappa shape index (κ3) is 3.70. The van der Waals surface area contributed by atoms with E-state index in [9.17, 15) is 4.79 Å². The summed E-state index contributed by atoms with van der Waals surface area (Å²) in [7, 11) is 0. The smallest absolute Gasteiger partial charge is 0.258 e. The third-order valence-corrected chi connectivity index (χ3v) is 5.24. The van der Waals surface area contributed by atoms with Gasteiger partial charge in [-0.05, 0) is 58.0 Å². The van der Waals surface area contributed by atoms with Crippen molar-refractivity contribution in [3.8, 4) is 0 Å². The average molecular weight is 435 g/mol. The lowest BCUT2D eigenvalue weighted by atomic mass is 10.0. The predicted molar refractivity (Wildman–Crippen MR) is 119 cm³/mol. The molecule has 0 bridgehead atoms. The largest absolute Gasteiger partial charge is 0.332 e. The molecular formula is C22H15BrN2OS. The Morgan fingerprint density at radius 3 is 2.41 bits per heavy atom. The number of rotatable bonds is 2. The number of carbonyl (C=O) groups excluding carboxylic acids is 1. The fourth-order valence-corrected chi connectivity index (χ4v) is 3.78. The molecule has 0 spiro atoms. The van der Waals surface area contributed by atoms with Gasteiger partial charge in [-0.25, -0.2) is 0 Å². The van der Waals surface area contributed by atoms with Crippen LogP contribution in [0.2, 0.25) is 0 Å². The quantitative estimate of drug-likeness (QED) is 0.386. The number of halogens is 1. The average Bonchev–Trinajstić information content (AvgIpc) is 2.67. The van der Waals surface area contributed by atoms with Crippen LogP contribution in [0.4, 0.5) is 5.69 Å². The van der Waals surface area contributed by atoms with Crippen LogP contribution in [0.5, 0.6) is 0 Å². The van der Waals surface area contributed by atoms with Crippen LogP contribution in [0.25, 0.3) is 21.5 Å². The monoisotopic (exact) mass is 434 g/mol. The maximum atomic E-state index is 12.7. The Morgan fingerprint density at radius 1 is 0.815 bits per heavy atom. The van der Waals surface area contributed by atoms with Crippen LogP contribution in [0.3, 0.4) is 0 Å². The molecule has 4 rings (SSSR count). The summed E-state index contributed by atoms with van der Waals surface area (Å²) in [5.41, 5.74) is 1.41. The van der Waals surface area contributed by atoms with Crippen molar-refractivity contribution in [3.63, 3.8) is 0 Å². The van der Waals surface area contributed by atoms with E-state index in [0.29, 0.717) is 5.56 Å². The molecule has 0 aliphatic rings. The van der Waals surface area contributed by atoms with Crippen molar-refractivity contribution in [2.75, 3.05) is 5.32 Å². The molecular weight excluding hydrogens is 420 g/mol. The summed E-state index contributed by atoms with van der Waals surface area (Å²) in [4.78, 5) is 12.7. The Bertz CT molecular complexity index is 1190.